The second kappa shape index (κ2) is 9.18. The molecule has 2 rings (SSSR count). The van der Waals surface area contributed by atoms with E-state index in [1.54, 1.807) is 18.9 Å². The topological polar surface area (TPSA) is 99.6 Å². The molecule has 0 unspecified atom stereocenters. The third kappa shape index (κ3) is 5.27. The van der Waals surface area contributed by atoms with E-state index in [4.69, 9.17) is 15.2 Å². The van der Waals surface area contributed by atoms with Gasteiger partial charge in [-0.1, -0.05) is 6.07 Å². The molecule has 0 saturated carbocycles. The minimum absolute atomic E-state index is 0. The summed E-state index contributed by atoms with van der Waals surface area (Å²) in [6.07, 6.45) is 1.49. The normalized spacial score (nSPS) is 10.8. The number of rotatable bonds is 6. The van der Waals surface area contributed by atoms with Crippen molar-refractivity contribution in [2.75, 3.05) is 14.2 Å². The molecule has 1 aromatic carbocycles. The molecule has 23 heavy (non-hydrogen) atoms. The van der Waals surface area contributed by atoms with Gasteiger partial charge in [-0.3, -0.25) is 4.68 Å². The second-order valence-corrected chi connectivity index (χ2v) is 4.54. The number of benzene rings is 1. The summed E-state index contributed by atoms with van der Waals surface area (Å²) in [6, 6.07) is 5.63. The number of aromatic nitrogens is 3. The molecule has 3 N–H and O–H groups in total. The highest BCUT2D eigenvalue weighted by atomic mass is 127. The number of nitrogens with zero attached hydrogens (tertiary/aromatic N) is 4. The van der Waals surface area contributed by atoms with E-state index in [9.17, 15) is 0 Å². The van der Waals surface area contributed by atoms with E-state index < -0.39 is 0 Å². The number of halogens is 1. The molecule has 0 amide bonds. The van der Waals surface area contributed by atoms with Crippen LogP contribution >= 0.6 is 24.0 Å². The number of aryl methyl sites for hydroxylation is 1. The third-order valence-corrected chi connectivity index (χ3v) is 3.11. The maximum atomic E-state index is 5.84. The van der Waals surface area contributed by atoms with Gasteiger partial charge in [0.05, 0.1) is 27.3 Å². The predicted molar refractivity (Wildman–Crippen MR) is 98.1 cm³/mol. The Labute approximate surface area is 152 Å². The Kier molecular flexibility index (Phi) is 7.59. The lowest BCUT2D eigenvalue weighted by atomic mass is 10.2. The van der Waals surface area contributed by atoms with Gasteiger partial charge in [-0.15, -0.1) is 24.0 Å². The summed E-state index contributed by atoms with van der Waals surface area (Å²) in [5.41, 5.74) is 6.81. The van der Waals surface area contributed by atoms with Crippen LogP contribution in [0.4, 0.5) is 0 Å². The molecule has 1 heterocycles. The Morgan fingerprint density at radius 3 is 2.65 bits per heavy atom. The van der Waals surface area contributed by atoms with Gasteiger partial charge < -0.3 is 20.5 Å². The van der Waals surface area contributed by atoms with Gasteiger partial charge in [0.2, 0.25) is 0 Å². The van der Waals surface area contributed by atoms with Crippen molar-refractivity contribution in [2.45, 2.75) is 13.1 Å². The molecule has 0 spiro atoms. The van der Waals surface area contributed by atoms with Crippen LogP contribution in [0.2, 0.25) is 0 Å². The van der Waals surface area contributed by atoms with Crippen LogP contribution in [-0.4, -0.2) is 34.9 Å². The molecule has 126 valence electrons. The zero-order chi connectivity index (χ0) is 15.9. The molecule has 0 saturated heterocycles. The lowest BCUT2D eigenvalue weighted by Crippen LogP contribution is -2.32. The van der Waals surface area contributed by atoms with Gasteiger partial charge in [-0.2, -0.15) is 5.10 Å². The fraction of sp³-hybridized carbons (Fsp3) is 0.357. The molecule has 9 heteroatoms. The van der Waals surface area contributed by atoms with Crippen molar-refractivity contribution in [2.24, 2.45) is 17.8 Å². The van der Waals surface area contributed by atoms with Gasteiger partial charge in [0.1, 0.15) is 12.2 Å². The summed E-state index contributed by atoms with van der Waals surface area (Å²) in [6.45, 7) is 0.912. The molecule has 0 aliphatic heterocycles. The van der Waals surface area contributed by atoms with Gasteiger partial charge in [0, 0.05) is 7.05 Å². The minimum Gasteiger partial charge on any atom is -0.493 e. The lowest BCUT2D eigenvalue weighted by Gasteiger charge is -2.09. The first-order valence-electron chi connectivity index (χ1n) is 6.71. The number of aliphatic imine (C=N–C) groups is 1. The van der Waals surface area contributed by atoms with Crippen molar-refractivity contribution in [3.63, 3.8) is 0 Å². The number of methoxy groups -OCH3 is 2. The highest BCUT2D eigenvalue weighted by Crippen LogP contribution is 2.27. The number of nitrogens with one attached hydrogen (secondary N) is 1. The van der Waals surface area contributed by atoms with E-state index in [0.29, 0.717) is 30.5 Å². The van der Waals surface area contributed by atoms with Crippen LogP contribution in [0.25, 0.3) is 0 Å². The molecule has 0 bridgehead atoms. The van der Waals surface area contributed by atoms with E-state index in [1.807, 2.05) is 25.2 Å². The van der Waals surface area contributed by atoms with Crippen LogP contribution in [0.1, 0.15) is 11.4 Å². The maximum absolute atomic E-state index is 5.84. The maximum Gasteiger partial charge on any atom is 0.189 e. The Balaban J connectivity index is 0.00000264. The SMILES string of the molecule is COc1ccc(CN=C(N)NCc2ncnn2C)cc1OC.I. The minimum atomic E-state index is 0. The first kappa shape index (κ1) is 19.0. The van der Waals surface area contributed by atoms with Gasteiger partial charge in [0.15, 0.2) is 17.5 Å². The molecule has 8 nitrogen and oxygen atoms in total. The highest BCUT2D eigenvalue weighted by Gasteiger charge is 2.04. The van der Waals surface area contributed by atoms with Crippen LogP contribution in [0.5, 0.6) is 11.5 Å². The fourth-order valence-corrected chi connectivity index (χ4v) is 1.86. The van der Waals surface area contributed by atoms with Crippen LogP contribution < -0.4 is 20.5 Å². The van der Waals surface area contributed by atoms with Crippen molar-refractivity contribution in [1.82, 2.24) is 20.1 Å². The van der Waals surface area contributed by atoms with Crippen LogP contribution in [0.15, 0.2) is 29.5 Å². The van der Waals surface area contributed by atoms with Crippen molar-refractivity contribution < 1.29 is 9.47 Å². The quantitative estimate of drug-likeness (QED) is 0.402. The third-order valence-electron chi connectivity index (χ3n) is 3.11. The van der Waals surface area contributed by atoms with Crippen molar-refractivity contribution >= 4 is 29.9 Å². The zero-order valence-electron chi connectivity index (χ0n) is 13.3. The van der Waals surface area contributed by atoms with Crippen LogP contribution in [0, 0.1) is 0 Å². The zero-order valence-corrected chi connectivity index (χ0v) is 15.6. The number of guanidine groups is 1. The highest BCUT2D eigenvalue weighted by molar-refractivity contribution is 14.0. The molecular formula is C14H21IN6O2. The van der Waals surface area contributed by atoms with Crippen molar-refractivity contribution in [3.8, 4) is 11.5 Å². The summed E-state index contributed by atoms with van der Waals surface area (Å²) >= 11 is 0. The first-order chi connectivity index (χ1) is 10.6. The average Bonchev–Trinajstić information content (AvgIpc) is 2.95. The smallest absolute Gasteiger partial charge is 0.189 e. The fourth-order valence-electron chi connectivity index (χ4n) is 1.86. The van der Waals surface area contributed by atoms with Crippen molar-refractivity contribution in [1.29, 1.82) is 0 Å². The number of hydrogen-bond donors (Lipinski definition) is 2. The van der Waals surface area contributed by atoms with Crippen molar-refractivity contribution in [3.05, 3.63) is 35.9 Å². The van der Waals surface area contributed by atoms with Gasteiger partial charge in [-0.05, 0) is 17.7 Å². The molecule has 0 atom stereocenters. The summed E-state index contributed by atoms with van der Waals surface area (Å²) < 4.78 is 12.1. The molecule has 0 aliphatic rings. The summed E-state index contributed by atoms with van der Waals surface area (Å²) in [7, 11) is 5.02. The number of nitrogens with two attached hydrogens (primary N) is 1. The molecule has 0 fully saturated rings. The first-order valence-corrected chi connectivity index (χ1v) is 6.71. The van der Waals surface area contributed by atoms with Gasteiger partial charge in [-0.25, -0.2) is 9.98 Å². The van der Waals surface area contributed by atoms with Gasteiger partial charge >= 0.3 is 0 Å². The average molecular weight is 432 g/mol. The molecule has 2 aromatic rings. The Hall–Kier alpha value is -2.04. The van der Waals surface area contributed by atoms with E-state index in [0.717, 1.165) is 11.4 Å². The predicted octanol–water partition coefficient (Wildman–Crippen LogP) is 1.05. The van der Waals surface area contributed by atoms with Crippen LogP contribution in [0.3, 0.4) is 0 Å². The Morgan fingerprint density at radius 1 is 1.30 bits per heavy atom. The molecular weight excluding hydrogens is 411 g/mol. The Bertz CT molecular complexity index is 658. The monoisotopic (exact) mass is 432 g/mol. The molecule has 0 aliphatic carbocycles. The van der Waals surface area contributed by atoms with Gasteiger partial charge in [0.25, 0.3) is 0 Å². The lowest BCUT2D eigenvalue weighted by molar-refractivity contribution is 0.354. The summed E-state index contributed by atoms with van der Waals surface area (Å²) in [4.78, 5) is 8.38. The van der Waals surface area contributed by atoms with E-state index in [2.05, 4.69) is 20.4 Å². The van der Waals surface area contributed by atoms with E-state index >= 15 is 0 Å². The number of hydrogen-bond acceptors (Lipinski definition) is 5. The van der Waals surface area contributed by atoms with Crippen LogP contribution in [-0.2, 0) is 20.1 Å². The largest absolute Gasteiger partial charge is 0.493 e. The summed E-state index contributed by atoms with van der Waals surface area (Å²) in [5, 5.41) is 6.98. The molecule has 0 radical (unpaired) electrons. The number of ether oxygens (including phenoxy) is 2. The van der Waals surface area contributed by atoms with E-state index in [-0.39, 0.29) is 24.0 Å². The second-order valence-electron chi connectivity index (χ2n) is 4.54. The summed E-state index contributed by atoms with van der Waals surface area (Å²) in [5.74, 6) is 2.48. The molecule has 1 aromatic heterocycles. The standard InChI is InChI=1S/C14H20N6O2.HI/c1-20-13(18-9-19-20)8-17-14(15)16-7-10-4-5-11(21-2)12(6-10)22-3;/h4-6,9H,7-8H2,1-3H3,(H3,15,16,17);1H. The Morgan fingerprint density at radius 2 is 2.04 bits per heavy atom. The van der Waals surface area contributed by atoms with E-state index in [1.165, 1.54) is 6.33 Å².